The first-order valence-corrected chi connectivity index (χ1v) is 5.03. The third-order valence-electron chi connectivity index (χ3n) is 2.26. The van der Waals surface area contributed by atoms with E-state index in [-0.39, 0.29) is 22.7 Å². The number of rotatable bonds is 2. The van der Waals surface area contributed by atoms with Gasteiger partial charge in [-0.1, -0.05) is 6.07 Å². The predicted octanol–water partition coefficient (Wildman–Crippen LogP) is 3.21. The van der Waals surface area contributed by atoms with Gasteiger partial charge in [-0.2, -0.15) is 5.26 Å². The summed E-state index contributed by atoms with van der Waals surface area (Å²) in [6, 6.07) is 9.41. The first kappa shape index (κ1) is 11.9. The van der Waals surface area contributed by atoms with Gasteiger partial charge in [-0.05, 0) is 24.3 Å². The molecular formula is C13H8F2N2O. The molecule has 18 heavy (non-hydrogen) atoms. The summed E-state index contributed by atoms with van der Waals surface area (Å²) in [6.07, 6.45) is 0. The van der Waals surface area contributed by atoms with Crippen LogP contribution in [0.2, 0.25) is 0 Å². The van der Waals surface area contributed by atoms with E-state index in [1.54, 1.807) is 6.07 Å². The lowest BCUT2D eigenvalue weighted by molar-refractivity contribution is 0.437. The minimum Gasteiger partial charge on any atom is -0.453 e. The molecule has 0 atom stereocenters. The molecule has 0 heterocycles. The second-order valence-electron chi connectivity index (χ2n) is 3.52. The number of nitrogens with two attached hydrogens (primary N) is 1. The number of nitrogen functional groups attached to an aromatic ring is 1. The molecule has 0 aliphatic carbocycles. The topological polar surface area (TPSA) is 59.0 Å². The molecule has 3 nitrogen and oxygen atoms in total. The Morgan fingerprint density at radius 1 is 1.06 bits per heavy atom. The summed E-state index contributed by atoms with van der Waals surface area (Å²) in [6.45, 7) is 0. The molecule has 0 bridgehead atoms. The summed E-state index contributed by atoms with van der Waals surface area (Å²) in [7, 11) is 0. The van der Waals surface area contributed by atoms with Gasteiger partial charge in [-0.25, -0.2) is 8.78 Å². The van der Waals surface area contributed by atoms with Gasteiger partial charge in [0.1, 0.15) is 23.2 Å². The van der Waals surface area contributed by atoms with Crippen LogP contribution < -0.4 is 10.5 Å². The second kappa shape index (κ2) is 4.72. The van der Waals surface area contributed by atoms with Gasteiger partial charge in [-0.15, -0.1) is 0 Å². The van der Waals surface area contributed by atoms with Crippen molar-refractivity contribution >= 4 is 5.69 Å². The highest BCUT2D eigenvalue weighted by atomic mass is 19.1. The summed E-state index contributed by atoms with van der Waals surface area (Å²) in [5.41, 5.74) is 5.37. The standard InChI is InChI=1S/C13H8F2N2O/c14-10-2-1-3-12(9(10)7-16)18-13-5-4-8(17)6-11(13)15/h1-6H,17H2. The van der Waals surface area contributed by atoms with Crippen LogP contribution in [0.1, 0.15) is 5.56 Å². The number of anilines is 1. The van der Waals surface area contributed by atoms with E-state index in [0.717, 1.165) is 12.1 Å². The molecule has 0 radical (unpaired) electrons. The van der Waals surface area contributed by atoms with Crippen molar-refractivity contribution in [3.63, 3.8) is 0 Å². The molecule has 0 saturated carbocycles. The summed E-state index contributed by atoms with van der Waals surface area (Å²) in [4.78, 5) is 0. The van der Waals surface area contributed by atoms with Crippen LogP contribution in [0.4, 0.5) is 14.5 Å². The molecule has 90 valence electrons. The van der Waals surface area contributed by atoms with Gasteiger partial charge in [0.15, 0.2) is 11.6 Å². The number of nitrogens with zero attached hydrogens (tertiary/aromatic N) is 1. The summed E-state index contributed by atoms with van der Waals surface area (Å²) < 4.78 is 32.0. The van der Waals surface area contributed by atoms with Crippen molar-refractivity contribution < 1.29 is 13.5 Å². The van der Waals surface area contributed by atoms with Gasteiger partial charge in [0.05, 0.1) is 0 Å². The van der Waals surface area contributed by atoms with Gasteiger partial charge in [0.25, 0.3) is 0 Å². The van der Waals surface area contributed by atoms with Crippen molar-refractivity contribution in [3.8, 4) is 17.6 Å². The normalized spacial score (nSPS) is 9.83. The van der Waals surface area contributed by atoms with Crippen LogP contribution in [-0.4, -0.2) is 0 Å². The lowest BCUT2D eigenvalue weighted by atomic mass is 10.2. The highest BCUT2D eigenvalue weighted by Gasteiger charge is 2.12. The number of hydrogen-bond donors (Lipinski definition) is 1. The van der Waals surface area contributed by atoms with Crippen molar-refractivity contribution in [2.24, 2.45) is 0 Å². The highest BCUT2D eigenvalue weighted by Crippen LogP contribution is 2.29. The van der Waals surface area contributed by atoms with E-state index in [1.807, 2.05) is 0 Å². The van der Waals surface area contributed by atoms with Crippen molar-refractivity contribution in [1.29, 1.82) is 5.26 Å². The Hall–Kier alpha value is -2.61. The van der Waals surface area contributed by atoms with Crippen LogP contribution >= 0.6 is 0 Å². The largest absolute Gasteiger partial charge is 0.453 e. The molecule has 0 aromatic heterocycles. The van der Waals surface area contributed by atoms with E-state index in [0.29, 0.717) is 0 Å². The molecular weight excluding hydrogens is 238 g/mol. The van der Waals surface area contributed by atoms with Crippen LogP contribution in [0.15, 0.2) is 36.4 Å². The minimum absolute atomic E-state index is 0.0406. The number of hydrogen-bond acceptors (Lipinski definition) is 3. The smallest absolute Gasteiger partial charge is 0.167 e. The lowest BCUT2D eigenvalue weighted by Crippen LogP contribution is -1.94. The van der Waals surface area contributed by atoms with Gasteiger partial charge in [-0.3, -0.25) is 0 Å². The average molecular weight is 246 g/mol. The first-order valence-electron chi connectivity index (χ1n) is 5.03. The van der Waals surface area contributed by atoms with E-state index in [1.165, 1.54) is 24.3 Å². The summed E-state index contributed by atoms with van der Waals surface area (Å²) in [5.74, 6) is -1.55. The molecule has 2 N–H and O–H groups in total. The fourth-order valence-corrected chi connectivity index (χ4v) is 1.42. The third kappa shape index (κ3) is 2.23. The molecule has 0 saturated heterocycles. The van der Waals surface area contributed by atoms with E-state index >= 15 is 0 Å². The maximum Gasteiger partial charge on any atom is 0.167 e. The van der Waals surface area contributed by atoms with Crippen LogP contribution in [0.3, 0.4) is 0 Å². The molecule has 0 aliphatic heterocycles. The van der Waals surface area contributed by atoms with E-state index in [4.69, 9.17) is 15.7 Å². The zero-order valence-electron chi connectivity index (χ0n) is 9.15. The van der Waals surface area contributed by atoms with E-state index < -0.39 is 11.6 Å². The van der Waals surface area contributed by atoms with Crippen LogP contribution in [0.25, 0.3) is 0 Å². The maximum absolute atomic E-state index is 13.5. The Bertz CT molecular complexity index is 635. The molecule has 0 aliphatic rings. The van der Waals surface area contributed by atoms with Gasteiger partial charge in [0.2, 0.25) is 0 Å². The molecule has 2 aromatic carbocycles. The van der Waals surface area contributed by atoms with E-state index in [2.05, 4.69) is 0 Å². The molecule has 0 fully saturated rings. The quantitative estimate of drug-likeness (QED) is 0.827. The lowest BCUT2D eigenvalue weighted by Gasteiger charge is -2.08. The summed E-state index contributed by atoms with van der Waals surface area (Å²) >= 11 is 0. The molecule has 5 heteroatoms. The predicted molar refractivity (Wildman–Crippen MR) is 62.0 cm³/mol. The zero-order valence-corrected chi connectivity index (χ0v) is 9.15. The van der Waals surface area contributed by atoms with Gasteiger partial charge < -0.3 is 10.5 Å². The maximum atomic E-state index is 13.5. The van der Waals surface area contributed by atoms with Crippen molar-refractivity contribution in [3.05, 3.63) is 53.6 Å². The Morgan fingerprint density at radius 2 is 1.83 bits per heavy atom. The number of benzene rings is 2. The molecule has 2 aromatic rings. The minimum atomic E-state index is -0.717. The van der Waals surface area contributed by atoms with Crippen molar-refractivity contribution in [2.75, 3.05) is 5.73 Å². The number of nitriles is 1. The van der Waals surface area contributed by atoms with Crippen molar-refractivity contribution in [2.45, 2.75) is 0 Å². The molecule has 0 spiro atoms. The Balaban J connectivity index is 2.41. The van der Waals surface area contributed by atoms with Crippen molar-refractivity contribution in [1.82, 2.24) is 0 Å². The Kier molecular flexibility index (Phi) is 3.11. The SMILES string of the molecule is N#Cc1c(F)cccc1Oc1ccc(N)cc1F. The number of ether oxygens (including phenoxy) is 1. The molecule has 2 rings (SSSR count). The van der Waals surface area contributed by atoms with Gasteiger partial charge >= 0.3 is 0 Å². The zero-order chi connectivity index (χ0) is 13.1. The molecule has 0 amide bonds. The second-order valence-corrected chi connectivity index (χ2v) is 3.52. The Morgan fingerprint density at radius 3 is 2.50 bits per heavy atom. The van der Waals surface area contributed by atoms with Crippen LogP contribution in [-0.2, 0) is 0 Å². The highest BCUT2D eigenvalue weighted by molar-refractivity contribution is 5.48. The molecule has 0 unspecified atom stereocenters. The third-order valence-corrected chi connectivity index (χ3v) is 2.26. The van der Waals surface area contributed by atoms with E-state index in [9.17, 15) is 8.78 Å². The fraction of sp³-hybridized carbons (Fsp3) is 0. The average Bonchev–Trinajstić information content (AvgIpc) is 2.33. The number of halogens is 2. The summed E-state index contributed by atoms with van der Waals surface area (Å²) in [5, 5.41) is 8.81. The fourth-order valence-electron chi connectivity index (χ4n) is 1.42. The Labute approximate surface area is 102 Å². The first-order chi connectivity index (χ1) is 8.61. The van der Waals surface area contributed by atoms with Crippen LogP contribution in [0.5, 0.6) is 11.5 Å². The van der Waals surface area contributed by atoms with Gasteiger partial charge in [0, 0.05) is 11.8 Å². The monoisotopic (exact) mass is 246 g/mol. The van der Waals surface area contributed by atoms with Crippen LogP contribution in [0, 0.1) is 23.0 Å².